The Labute approximate surface area is 182 Å². The van der Waals surface area contributed by atoms with Gasteiger partial charge >= 0.3 is 0 Å². The Balaban J connectivity index is 0.00000364. The van der Waals surface area contributed by atoms with Crippen molar-refractivity contribution in [2.45, 2.75) is 46.4 Å². The van der Waals surface area contributed by atoms with Crippen molar-refractivity contribution in [2.24, 2.45) is 4.99 Å². The molecule has 0 spiro atoms. The fraction of sp³-hybridized carbons (Fsp3) is 0.647. The molecule has 0 aliphatic rings. The first-order valence-corrected chi connectivity index (χ1v) is 9.80. The molecule has 10 heteroatoms. The van der Waals surface area contributed by atoms with Crippen molar-refractivity contribution in [3.8, 4) is 0 Å². The van der Waals surface area contributed by atoms with Gasteiger partial charge in [-0.15, -0.1) is 45.5 Å². The Morgan fingerprint density at radius 2 is 2.22 bits per heavy atom. The summed E-state index contributed by atoms with van der Waals surface area (Å²) in [4.78, 5) is 11.5. The first-order chi connectivity index (χ1) is 12.6. The smallest absolute Gasteiger partial charge is 0.194 e. The predicted octanol–water partition coefficient (Wildman–Crippen LogP) is 2.72. The second-order valence-corrected chi connectivity index (χ2v) is 6.83. The number of guanidine groups is 1. The van der Waals surface area contributed by atoms with Crippen LogP contribution in [0.15, 0.2) is 16.7 Å². The maximum Gasteiger partial charge on any atom is 0.194 e. The lowest BCUT2D eigenvalue weighted by atomic mass is 10.4. The van der Waals surface area contributed by atoms with E-state index in [4.69, 9.17) is 9.73 Å². The van der Waals surface area contributed by atoms with Gasteiger partial charge in [0.15, 0.2) is 5.96 Å². The standard InChI is InChI=1S/C17H29N7OS.HI/c1-6-15-22-20-12-24(15)9-8-19-17(18-7-2)23(4)10-14-11-26-16(21-14)13(3)25-5;/h11-13H,6-10H2,1-5H3,(H,18,19);1H. The van der Waals surface area contributed by atoms with E-state index in [1.807, 2.05) is 18.5 Å². The molecule has 2 aromatic rings. The molecule has 0 radical (unpaired) electrons. The fourth-order valence-electron chi connectivity index (χ4n) is 2.47. The van der Waals surface area contributed by atoms with Gasteiger partial charge in [0.05, 0.1) is 18.8 Å². The summed E-state index contributed by atoms with van der Waals surface area (Å²) in [5.41, 5.74) is 1.02. The third-order valence-corrected chi connectivity index (χ3v) is 5.04. The van der Waals surface area contributed by atoms with E-state index in [2.05, 4.69) is 44.6 Å². The van der Waals surface area contributed by atoms with E-state index < -0.39 is 0 Å². The molecule has 0 amide bonds. The number of hydrogen-bond acceptors (Lipinski definition) is 6. The van der Waals surface area contributed by atoms with Gasteiger partial charge < -0.3 is 19.5 Å². The van der Waals surface area contributed by atoms with Crippen LogP contribution in [0.1, 0.15) is 43.4 Å². The molecular formula is C17H30IN7OS. The number of thiazole rings is 1. The van der Waals surface area contributed by atoms with Gasteiger partial charge in [-0.05, 0) is 13.8 Å². The number of ether oxygens (including phenoxy) is 1. The minimum Gasteiger partial charge on any atom is -0.375 e. The number of hydrogen-bond donors (Lipinski definition) is 1. The van der Waals surface area contributed by atoms with E-state index in [-0.39, 0.29) is 30.1 Å². The van der Waals surface area contributed by atoms with Crippen LogP contribution in [-0.2, 0) is 24.2 Å². The van der Waals surface area contributed by atoms with Gasteiger partial charge in [-0.2, -0.15) is 0 Å². The van der Waals surface area contributed by atoms with Gasteiger partial charge in [-0.3, -0.25) is 4.99 Å². The molecule has 27 heavy (non-hydrogen) atoms. The van der Waals surface area contributed by atoms with Crippen molar-refractivity contribution in [2.75, 3.05) is 27.2 Å². The van der Waals surface area contributed by atoms with E-state index in [9.17, 15) is 0 Å². The fourth-order valence-corrected chi connectivity index (χ4v) is 3.32. The number of aromatic nitrogens is 4. The maximum atomic E-state index is 5.33. The van der Waals surface area contributed by atoms with Crippen LogP contribution in [0.2, 0.25) is 0 Å². The molecular weight excluding hydrogens is 477 g/mol. The highest BCUT2D eigenvalue weighted by atomic mass is 127. The minimum absolute atomic E-state index is 0. The van der Waals surface area contributed by atoms with Crippen molar-refractivity contribution in [3.05, 3.63) is 28.2 Å². The van der Waals surface area contributed by atoms with Crippen LogP contribution in [0.4, 0.5) is 0 Å². The van der Waals surface area contributed by atoms with Crippen LogP contribution in [-0.4, -0.2) is 57.9 Å². The van der Waals surface area contributed by atoms with Crippen LogP contribution in [0.5, 0.6) is 0 Å². The van der Waals surface area contributed by atoms with Gasteiger partial charge in [0.2, 0.25) is 0 Å². The summed E-state index contributed by atoms with van der Waals surface area (Å²) in [5.74, 6) is 1.86. The predicted molar refractivity (Wildman–Crippen MR) is 120 cm³/mol. The zero-order chi connectivity index (χ0) is 18.9. The largest absolute Gasteiger partial charge is 0.375 e. The Morgan fingerprint density at radius 1 is 1.44 bits per heavy atom. The number of aryl methyl sites for hydroxylation is 1. The summed E-state index contributed by atoms with van der Waals surface area (Å²) < 4.78 is 7.38. The van der Waals surface area contributed by atoms with Gasteiger partial charge in [0.1, 0.15) is 23.3 Å². The highest BCUT2D eigenvalue weighted by Gasteiger charge is 2.12. The summed E-state index contributed by atoms with van der Waals surface area (Å²) in [6, 6.07) is 0. The number of rotatable bonds is 9. The highest BCUT2D eigenvalue weighted by molar-refractivity contribution is 14.0. The van der Waals surface area contributed by atoms with Gasteiger partial charge in [0.25, 0.3) is 0 Å². The third-order valence-electron chi connectivity index (χ3n) is 3.98. The molecule has 0 aliphatic carbocycles. The molecule has 1 N–H and O–H groups in total. The van der Waals surface area contributed by atoms with Crippen LogP contribution in [0.3, 0.4) is 0 Å². The normalized spacial score (nSPS) is 12.6. The molecule has 1 unspecified atom stereocenters. The lowest BCUT2D eigenvalue weighted by molar-refractivity contribution is 0.119. The Kier molecular flexibility index (Phi) is 10.8. The first-order valence-electron chi connectivity index (χ1n) is 8.92. The van der Waals surface area contributed by atoms with Crippen molar-refractivity contribution in [1.29, 1.82) is 0 Å². The van der Waals surface area contributed by atoms with Crippen LogP contribution < -0.4 is 5.32 Å². The van der Waals surface area contributed by atoms with E-state index in [0.29, 0.717) is 13.1 Å². The van der Waals surface area contributed by atoms with E-state index in [0.717, 1.165) is 42.0 Å². The lowest BCUT2D eigenvalue weighted by Gasteiger charge is -2.21. The lowest BCUT2D eigenvalue weighted by Crippen LogP contribution is -2.38. The summed E-state index contributed by atoms with van der Waals surface area (Å²) in [6.45, 7) is 9.11. The molecule has 0 aromatic carbocycles. The molecule has 0 fully saturated rings. The number of nitrogens with one attached hydrogen (secondary N) is 1. The van der Waals surface area contributed by atoms with Crippen molar-refractivity contribution >= 4 is 41.3 Å². The minimum atomic E-state index is 0. The van der Waals surface area contributed by atoms with Gasteiger partial charge in [-0.1, -0.05) is 6.92 Å². The topological polar surface area (TPSA) is 80.5 Å². The van der Waals surface area contributed by atoms with E-state index in [1.54, 1.807) is 24.8 Å². The summed E-state index contributed by atoms with van der Waals surface area (Å²) >= 11 is 1.63. The zero-order valence-corrected chi connectivity index (χ0v) is 19.8. The monoisotopic (exact) mass is 507 g/mol. The number of halogens is 1. The number of aliphatic imine (C=N–C) groups is 1. The summed E-state index contributed by atoms with van der Waals surface area (Å²) in [6.07, 6.45) is 2.66. The Bertz CT molecular complexity index is 703. The molecule has 0 saturated carbocycles. The Hall–Kier alpha value is -1.27. The van der Waals surface area contributed by atoms with Gasteiger partial charge in [-0.25, -0.2) is 4.98 Å². The maximum absolute atomic E-state index is 5.33. The third kappa shape index (κ3) is 7.00. The van der Waals surface area contributed by atoms with Crippen LogP contribution >= 0.6 is 35.3 Å². The SMILES string of the molecule is CCNC(=NCCn1cnnc1CC)N(C)Cc1csc(C(C)OC)n1.I. The highest BCUT2D eigenvalue weighted by Crippen LogP contribution is 2.20. The zero-order valence-electron chi connectivity index (χ0n) is 16.7. The van der Waals surface area contributed by atoms with E-state index in [1.165, 1.54) is 0 Å². The summed E-state index contributed by atoms with van der Waals surface area (Å²) in [7, 11) is 3.73. The van der Waals surface area contributed by atoms with Crippen molar-refractivity contribution in [1.82, 2.24) is 30.0 Å². The molecule has 152 valence electrons. The second kappa shape index (κ2) is 12.2. The average Bonchev–Trinajstić information content (AvgIpc) is 3.29. The number of nitrogens with zero attached hydrogens (tertiary/aromatic N) is 6. The first kappa shape index (κ1) is 23.8. The molecule has 0 saturated heterocycles. The van der Waals surface area contributed by atoms with Crippen molar-refractivity contribution < 1.29 is 4.74 Å². The van der Waals surface area contributed by atoms with Gasteiger partial charge in [0, 0.05) is 39.0 Å². The molecule has 8 nitrogen and oxygen atoms in total. The molecule has 2 heterocycles. The van der Waals surface area contributed by atoms with Crippen molar-refractivity contribution in [3.63, 3.8) is 0 Å². The van der Waals surface area contributed by atoms with E-state index >= 15 is 0 Å². The molecule has 0 bridgehead atoms. The Morgan fingerprint density at radius 3 is 2.89 bits per heavy atom. The molecule has 1 atom stereocenters. The molecule has 0 aliphatic heterocycles. The molecule has 2 aromatic heterocycles. The average molecular weight is 507 g/mol. The van der Waals surface area contributed by atoms with Crippen LogP contribution in [0.25, 0.3) is 0 Å². The summed E-state index contributed by atoms with van der Waals surface area (Å²) in [5, 5.41) is 14.5. The van der Waals surface area contributed by atoms with Crippen LogP contribution in [0, 0.1) is 0 Å². The number of methoxy groups -OCH3 is 1. The second-order valence-electron chi connectivity index (χ2n) is 5.94. The quantitative estimate of drug-likeness (QED) is 0.320. The molecule has 2 rings (SSSR count).